The van der Waals surface area contributed by atoms with Crippen molar-refractivity contribution in [2.75, 3.05) is 11.9 Å². The number of hydrogen-bond acceptors (Lipinski definition) is 4. The summed E-state index contributed by atoms with van der Waals surface area (Å²) < 4.78 is 0. The second kappa shape index (κ2) is 6.19. The molecule has 17 heavy (non-hydrogen) atoms. The first-order chi connectivity index (χ1) is 8.04. The van der Waals surface area contributed by atoms with Crippen LogP contribution in [0, 0.1) is 0 Å². The number of hydrogen-bond donors (Lipinski definition) is 5. The van der Waals surface area contributed by atoms with Crippen LogP contribution in [0.3, 0.4) is 0 Å². The number of aliphatic hydroxyl groups excluding tert-OH is 3. The van der Waals surface area contributed by atoms with Gasteiger partial charge in [0.2, 0.25) is 0 Å². The number of nitrogens with two attached hydrogens (primary N) is 1. The van der Waals surface area contributed by atoms with Crippen molar-refractivity contribution < 1.29 is 20.1 Å². The third-order valence-corrected chi connectivity index (χ3v) is 2.31. The van der Waals surface area contributed by atoms with E-state index in [2.05, 4.69) is 5.32 Å². The molecule has 0 bridgehead atoms. The summed E-state index contributed by atoms with van der Waals surface area (Å²) in [5, 5.41) is 30.2. The van der Waals surface area contributed by atoms with E-state index < -0.39 is 18.2 Å². The smallest absolute Gasteiger partial charge is 0.316 e. The van der Waals surface area contributed by atoms with Crippen molar-refractivity contribution in [1.82, 2.24) is 0 Å². The summed E-state index contributed by atoms with van der Waals surface area (Å²) in [5.41, 5.74) is 5.95. The summed E-state index contributed by atoms with van der Waals surface area (Å²) in [6.45, 7) is -0.195. The van der Waals surface area contributed by atoms with Crippen LogP contribution < -0.4 is 11.1 Å². The van der Waals surface area contributed by atoms with Crippen molar-refractivity contribution in [1.29, 1.82) is 0 Å². The summed E-state index contributed by atoms with van der Waals surface area (Å²) in [6, 6.07) is 5.59. The Balaban J connectivity index is 2.69. The van der Waals surface area contributed by atoms with Gasteiger partial charge in [-0.1, -0.05) is 12.1 Å². The molecule has 0 aromatic heterocycles. The predicted molar refractivity (Wildman–Crippen MR) is 62.3 cm³/mol. The van der Waals surface area contributed by atoms with Gasteiger partial charge in [0.05, 0.1) is 6.10 Å². The molecule has 0 aliphatic rings. The zero-order valence-corrected chi connectivity index (χ0v) is 9.21. The second-order valence-corrected chi connectivity index (χ2v) is 3.64. The highest BCUT2D eigenvalue weighted by Crippen LogP contribution is 2.20. The zero-order chi connectivity index (χ0) is 12.8. The number of benzene rings is 1. The number of urea groups is 1. The Labute approximate surface area is 98.7 Å². The molecule has 2 amide bonds. The van der Waals surface area contributed by atoms with E-state index >= 15 is 0 Å². The molecule has 2 unspecified atom stereocenters. The molecule has 0 radical (unpaired) electrons. The van der Waals surface area contributed by atoms with Crippen molar-refractivity contribution >= 4 is 11.7 Å². The first kappa shape index (κ1) is 13.4. The highest BCUT2D eigenvalue weighted by atomic mass is 16.3. The van der Waals surface area contributed by atoms with Gasteiger partial charge in [0.25, 0.3) is 0 Å². The van der Waals surface area contributed by atoms with Gasteiger partial charge in [-0.2, -0.15) is 0 Å². The third kappa shape index (κ3) is 4.03. The van der Waals surface area contributed by atoms with E-state index in [9.17, 15) is 15.0 Å². The minimum absolute atomic E-state index is 0.0997. The Bertz CT molecular complexity index is 366. The molecule has 0 spiro atoms. The lowest BCUT2D eigenvalue weighted by Gasteiger charge is -2.17. The van der Waals surface area contributed by atoms with E-state index in [4.69, 9.17) is 10.8 Å². The molecule has 1 rings (SSSR count). The maximum absolute atomic E-state index is 10.6. The normalized spacial score (nSPS) is 14.1. The van der Waals surface area contributed by atoms with Gasteiger partial charge in [0.15, 0.2) is 0 Å². The van der Waals surface area contributed by atoms with E-state index in [0.717, 1.165) is 0 Å². The standard InChI is InChI=1S/C11H16N2O4/c12-11(17)13-8-3-1-7(2-4-8)10(16)9(15)5-6-14/h1-4,9-10,14-16H,5-6H2,(H3,12,13,17). The average Bonchev–Trinajstić information content (AvgIpc) is 2.28. The summed E-state index contributed by atoms with van der Waals surface area (Å²) in [6.07, 6.45) is -1.98. The summed E-state index contributed by atoms with van der Waals surface area (Å²) in [7, 11) is 0. The van der Waals surface area contributed by atoms with Gasteiger partial charge in [-0.15, -0.1) is 0 Å². The van der Waals surface area contributed by atoms with Gasteiger partial charge in [0, 0.05) is 12.3 Å². The van der Waals surface area contributed by atoms with Gasteiger partial charge in [0.1, 0.15) is 6.10 Å². The van der Waals surface area contributed by atoms with E-state index in [-0.39, 0.29) is 13.0 Å². The first-order valence-corrected chi connectivity index (χ1v) is 5.18. The topological polar surface area (TPSA) is 116 Å². The molecule has 6 N–H and O–H groups in total. The van der Waals surface area contributed by atoms with Gasteiger partial charge in [-0.25, -0.2) is 4.79 Å². The highest BCUT2D eigenvalue weighted by molar-refractivity contribution is 5.87. The number of anilines is 1. The van der Waals surface area contributed by atoms with Crippen LogP contribution in [0.25, 0.3) is 0 Å². The molecule has 0 heterocycles. The second-order valence-electron chi connectivity index (χ2n) is 3.64. The fourth-order valence-electron chi connectivity index (χ4n) is 1.42. The molecule has 6 heteroatoms. The van der Waals surface area contributed by atoms with Crippen LogP contribution in [-0.4, -0.2) is 34.1 Å². The monoisotopic (exact) mass is 240 g/mol. The molecule has 0 saturated heterocycles. The molecular weight excluding hydrogens is 224 g/mol. The van der Waals surface area contributed by atoms with Crippen LogP contribution >= 0.6 is 0 Å². The molecule has 2 atom stereocenters. The number of amides is 2. The van der Waals surface area contributed by atoms with Crippen LogP contribution in [-0.2, 0) is 0 Å². The van der Waals surface area contributed by atoms with Crippen molar-refractivity contribution in [3.05, 3.63) is 29.8 Å². The number of nitrogens with one attached hydrogen (secondary N) is 1. The molecule has 94 valence electrons. The lowest BCUT2D eigenvalue weighted by Crippen LogP contribution is -2.20. The molecule has 0 saturated carbocycles. The first-order valence-electron chi connectivity index (χ1n) is 5.18. The zero-order valence-electron chi connectivity index (χ0n) is 9.21. The van der Waals surface area contributed by atoms with E-state index in [1.165, 1.54) is 0 Å². The molecular formula is C11H16N2O4. The van der Waals surface area contributed by atoms with Crippen LogP contribution in [0.15, 0.2) is 24.3 Å². The Hall–Kier alpha value is -1.63. The van der Waals surface area contributed by atoms with Crippen molar-refractivity contribution in [2.24, 2.45) is 5.73 Å². The van der Waals surface area contributed by atoms with E-state index in [0.29, 0.717) is 11.3 Å². The Morgan fingerprint density at radius 2 is 1.88 bits per heavy atom. The molecule has 0 fully saturated rings. The molecule has 0 aliphatic heterocycles. The average molecular weight is 240 g/mol. The highest BCUT2D eigenvalue weighted by Gasteiger charge is 2.17. The van der Waals surface area contributed by atoms with Gasteiger partial charge < -0.3 is 26.4 Å². The Morgan fingerprint density at radius 3 is 2.35 bits per heavy atom. The predicted octanol–water partition coefficient (Wildman–Crippen LogP) is -0.0461. The maximum Gasteiger partial charge on any atom is 0.316 e. The maximum atomic E-state index is 10.6. The van der Waals surface area contributed by atoms with Gasteiger partial charge >= 0.3 is 6.03 Å². The quantitative estimate of drug-likeness (QED) is 0.496. The van der Waals surface area contributed by atoms with Gasteiger partial charge in [-0.05, 0) is 24.1 Å². The number of carbonyl (C=O) groups excluding carboxylic acids is 1. The molecule has 1 aromatic carbocycles. The van der Waals surface area contributed by atoms with Crippen LogP contribution in [0.5, 0.6) is 0 Å². The largest absolute Gasteiger partial charge is 0.396 e. The summed E-state index contributed by atoms with van der Waals surface area (Å²) in [4.78, 5) is 10.6. The minimum atomic E-state index is -1.07. The van der Waals surface area contributed by atoms with Crippen molar-refractivity contribution in [3.63, 3.8) is 0 Å². The SMILES string of the molecule is NC(=O)Nc1ccc(C(O)C(O)CCO)cc1. The van der Waals surface area contributed by atoms with Gasteiger partial charge in [-0.3, -0.25) is 0 Å². The van der Waals surface area contributed by atoms with Crippen molar-refractivity contribution in [3.8, 4) is 0 Å². The number of rotatable bonds is 5. The van der Waals surface area contributed by atoms with Crippen molar-refractivity contribution in [2.45, 2.75) is 18.6 Å². The lowest BCUT2D eigenvalue weighted by molar-refractivity contribution is 0.00422. The third-order valence-electron chi connectivity index (χ3n) is 2.31. The number of aliphatic hydroxyl groups is 3. The molecule has 6 nitrogen and oxygen atoms in total. The van der Waals surface area contributed by atoms with E-state index in [1.54, 1.807) is 24.3 Å². The summed E-state index contributed by atoms with van der Waals surface area (Å²) in [5.74, 6) is 0. The number of carbonyl (C=O) groups is 1. The summed E-state index contributed by atoms with van der Waals surface area (Å²) >= 11 is 0. The van der Waals surface area contributed by atoms with E-state index in [1.807, 2.05) is 0 Å². The Morgan fingerprint density at radius 1 is 1.29 bits per heavy atom. The van der Waals surface area contributed by atoms with Crippen LogP contribution in [0.4, 0.5) is 10.5 Å². The molecule has 0 aliphatic carbocycles. The fraction of sp³-hybridized carbons (Fsp3) is 0.364. The fourth-order valence-corrected chi connectivity index (χ4v) is 1.42. The van der Waals surface area contributed by atoms with Crippen LogP contribution in [0.1, 0.15) is 18.1 Å². The minimum Gasteiger partial charge on any atom is -0.396 e. The lowest BCUT2D eigenvalue weighted by atomic mass is 10.0. The molecule has 1 aromatic rings. The van der Waals surface area contributed by atoms with Crippen LogP contribution in [0.2, 0.25) is 0 Å². The Kier molecular flexibility index (Phi) is 4.89. The number of primary amides is 1.